The van der Waals surface area contributed by atoms with Gasteiger partial charge in [0.25, 0.3) is 0 Å². The van der Waals surface area contributed by atoms with Crippen molar-refractivity contribution in [2.24, 2.45) is 0 Å². The number of hydrogen-bond acceptors (Lipinski definition) is 1. The molecule has 11 rings (SSSR count). The largest absolute Gasteiger partial charge is 0.456 e. The summed E-state index contributed by atoms with van der Waals surface area (Å²) < 4.78 is 6.41. The molecule has 0 bridgehead atoms. The molecular formula is C56H38O. The molecule has 0 saturated heterocycles. The van der Waals surface area contributed by atoms with Crippen molar-refractivity contribution >= 4 is 54.3 Å². The van der Waals surface area contributed by atoms with Crippen LogP contribution in [0.4, 0.5) is 0 Å². The molecule has 0 aliphatic heterocycles. The van der Waals surface area contributed by atoms with Gasteiger partial charge >= 0.3 is 0 Å². The highest BCUT2D eigenvalue weighted by atomic mass is 16.3. The lowest BCUT2D eigenvalue weighted by atomic mass is 9.84. The van der Waals surface area contributed by atoms with Crippen LogP contribution in [0.5, 0.6) is 0 Å². The van der Waals surface area contributed by atoms with Crippen molar-refractivity contribution in [3.05, 3.63) is 205 Å². The first-order valence-corrected chi connectivity index (χ1v) is 19.7. The van der Waals surface area contributed by atoms with Crippen molar-refractivity contribution in [2.45, 2.75) is 13.8 Å². The van der Waals surface area contributed by atoms with Crippen LogP contribution in [0.25, 0.3) is 110 Å². The van der Waals surface area contributed by atoms with Crippen LogP contribution < -0.4 is 0 Å². The fraction of sp³-hybridized carbons (Fsp3) is 0.0357. The van der Waals surface area contributed by atoms with E-state index in [0.717, 1.165) is 21.9 Å². The molecule has 1 heteroatoms. The minimum Gasteiger partial charge on any atom is -0.456 e. The van der Waals surface area contributed by atoms with E-state index in [9.17, 15) is 0 Å². The van der Waals surface area contributed by atoms with Gasteiger partial charge in [-0.3, -0.25) is 0 Å². The second-order valence-corrected chi connectivity index (χ2v) is 15.3. The number of hydrogen-bond donors (Lipinski definition) is 0. The standard InChI is InChI=1S/C56H38O/c1-35-25-26-42(34-52(35)45-29-30-51-46-19-9-10-24-53(46)57-56(51)36(45)2)40-16-12-18-44(33-40)55-49-22-7-5-20-47(49)54(48-21-6-8-23-50(48)55)43-17-11-15-39(32-43)41-28-27-37-13-3-4-14-38(37)31-41/h3-34H,1-2H3. The van der Waals surface area contributed by atoms with Gasteiger partial charge in [0.1, 0.15) is 11.2 Å². The monoisotopic (exact) mass is 726 g/mol. The second kappa shape index (κ2) is 13.2. The van der Waals surface area contributed by atoms with Crippen LogP contribution in [0.2, 0.25) is 0 Å². The van der Waals surface area contributed by atoms with E-state index in [0.29, 0.717) is 0 Å². The smallest absolute Gasteiger partial charge is 0.138 e. The van der Waals surface area contributed by atoms with Crippen molar-refractivity contribution in [3.8, 4) is 55.6 Å². The van der Waals surface area contributed by atoms with Crippen LogP contribution in [0.15, 0.2) is 199 Å². The molecule has 1 heterocycles. The number of para-hydroxylation sites is 1. The van der Waals surface area contributed by atoms with Gasteiger partial charge in [0.15, 0.2) is 0 Å². The highest BCUT2D eigenvalue weighted by Gasteiger charge is 2.19. The summed E-state index contributed by atoms with van der Waals surface area (Å²) in [6, 6.07) is 71.0. The Morgan fingerprint density at radius 3 is 1.47 bits per heavy atom. The van der Waals surface area contributed by atoms with E-state index in [-0.39, 0.29) is 0 Å². The second-order valence-electron chi connectivity index (χ2n) is 15.3. The number of aryl methyl sites for hydroxylation is 2. The summed E-state index contributed by atoms with van der Waals surface area (Å²) in [6.45, 7) is 4.39. The molecule has 268 valence electrons. The Morgan fingerprint density at radius 2 is 0.825 bits per heavy atom. The molecule has 1 aromatic heterocycles. The Morgan fingerprint density at radius 1 is 0.316 bits per heavy atom. The van der Waals surface area contributed by atoms with E-state index in [1.54, 1.807) is 0 Å². The molecule has 0 saturated carbocycles. The Labute approximate surface area is 332 Å². The maximum atomic E-state index is 6.41. The highest BCUT2D eigenvalue weighted by Crippen LogP contribution is 2.45. The average Bonchev–Trinajstić information content (AvgIpc) is 3.65. The molecular weight excluding hydrogens is 689 g/mol. The summed E-state index contributed by atoms with van der Waals surface area (Å²) in [6.07, 6.45) is 0. The topological polar surface area (TPSA) is 13.1 Å². The molecule has 0 aliphatic carbocycles. The third kappa shape index (κ3) is 5.46. The number of furan rings is 1. The molecule has 1 nitrogen and oxygen atoms in total. The van der Waals surface area contributed by atoms with E-state index in [1.165, 1.54) is 99.1 Å². The lowest BCUT2D eigenvalue weighted by Gasteiger charge is -2.19. The zero-order chi connectivity index (χ0) is 38.0. The third-order valence-electron chi connectivity index (χ3n) is 12.0. The molecule has 0 fully saturated rings. The molecule has 0 aliphatic rings. The fourth-order valence-corrected chi connectivity index (χ4v) is 9.13. The Kier molecular flexibility index (Phi) is 7.69. The van der Waals surface area contributed by atoms with Crippen LogP contribution in [0, 0.1) is 13.8 Å². The van der Waals surface area contributed by atoms with Gasteiger partial charge in [0.05, 0.1) is 0 Å². The number of rotatable bonds is 5. The van der Waals surface area contributed by atoms with E-state index >= 15 is 0 Å². The summed E-state index contributed by atoms with van der Waals surface area (Å²) in [7, 11) is 0. The SMILES string of the molecule is Cc1ccc(-c2cccc(-c3c4ccccc4c(-c4cccc(-c5ccc6ccccc6c5)c4)c4ccccc34)c2)cc1-c1ccc2c(oc3ccccc32)c1C. The van der Waals surface area contributed by atoms with Crippen molar-refractivity contribution < 1.29 is 4.42 Å². The molecule has 0 unspecified atom stereocenters. The maximum absolute atomic E-state index is 6.41. The lowest BCUT2D eigenvalue weighted by Crippen LogP contribution is -1.92. The minimum atomic E-state index is 0.928. The van der Waals surface area contributed by atoms with Crippen molar-refractivity contribution in [1.82, 2.24) is 0 Å². The molecule has 0 spiro atoms. The lowest BCUT2D eigenvalue weighted by molar-refractivity contribution is 0.666. The van der Waals surface area contributed by atoms with Gasteiger partial charge in [-0.25, -0.2) is 0 Å². The Balaban J connectivity index is 1.05. The molecule has 0 amide bonds. The first kappa shape index (κ1) is 33.1. The van der Waals surface area contributed by atoms with Gasteiger partial charge < -0.3 is 4.42 Å². The van der Waals surface area contributed by atoms with Gasteiger partial charge in [-0.05, 0) is 144 Å². The van der Waals surface area contributed by atoms with E-state index in [1.807, 2.05) is 6.07 Å². The van der Waals surface area contributed by atoms with Gasteiger partial charge in [0.2, 0.25) is 0 Å². The summed E-state index contributed by atoms with van der Waals surface area (Å²) in [5.74, 6) is 0. The molecule has 57 heavy (non-hydrogen) atoms. The normalized spacial score (nSPS) is 11.7. The zero-order valence-corrected chi connectivity index (χ0v) is 31.9. The van der Waals surface area contributed by atoms with Crippen LogP contribution in [0.1, 0.15) is 11.1 Å². The summed E-state index contributed by atoms with van der Waals surface area (Å²) in [4.78, 5) is 0. The molecule has 0 atom stereocenters. The van der Waals surface area contributed by atoms with Crippen molar-refractivity contribution in [3.63, 3.8) is 0 Å². The van der Waals surface area contributed by atoms with Gasteiger partial charge in [-0.15, -0.1) is 0 Å². The van der Waals surface area contributed by atoms with E-state index in [2.05, 4.69) is 202 Å². The number of fused-ring (bicyclic) bond motifs is 6. The molecule has 0 radical (unpaired) electrons. The molecule has 0 N–H and O–H groups in total. The maximum Gasteiger partial charge on any atom is 0.138 e. The summed E-state index contributed by atoms with van der Waals surface area (Å²) in [5, 5.41) is 9.83. The van der Waals surface area contributed by atoms with Crippen molar-refractivity contribution in [2.75, 3.05) is 0 Å². The minimum absolute atomic E-state index is 0.928. The quantitative estimate of drug-likeness (QED) is 0.161. The fourth-order valence-electron chi connectivity index (χ4n) is 9.13. The van der Waals surface area contributed by atoms with Crippen LogP contribution in [-0.2, 0) is 0 Å². The predicted octanol–water partition coefficient (Wildman–Crippen LogP) is 16.0. The summed E-state index contributed by atoms with van der Waals surface area (Å²) in [5.41, 5.74) is 16.5. The first-order chi connectivity index (χ1) is 28.1. The first-order valence-electron chi connectivity index (χ1n) is 19.7. The summed E-state index contributed by atoms with van der Waals surface area (Å²) >= 11 is 0. The average molecular weight is 727 g/mol. The van der Waals surface area contributed by atoms with Crippen LogP contribution in [0.3, 0.4) is 0 Å². The Hall–Kier alpha value is -7.22. The molecule has 11 aromatic rings. The van der Waals surface area contributed by atoms with Gasteiger partial charge in [-0.2, -0.15) is 0 Å². The van der Waals surface area contributed by atoms with E-state index < -0.39 is 0 Å². The zero-order valence-electron chi connectivity index (χ0n) is 31.9. The highest BCUT2D eigenvalue weighted by molar-refractivity contribution is 6.21. The Bertz CT molecular complexity index is 3320. The number of benzene rings is 10. The van der Waals surface area contributed by atoms with Crippen LogP contribution in [-0.4, -0.2) is 0 Å². The van der Waals surface area contributed by atoms with Gasteiger partial charge in [-0.1, -0.05) is 158 Å². The van der Waals surface area contributed by atoms with Crippen LogP contribution >= 0.6 is 0 Å². The predicted molar refractivity (Wildman–Crippen MR) is 243 cm³/mol. The van der Waals surface area contributed by atoms with E-state index in [4.69, 9.17) is 4.42 Å². The van der Waals surface area contributed by atoms with Gasteiger partial charge in [0, 0.05) is 16.3 Å². The van der Waals surface area contributed by atoms with Crippen molar-refractivity contribution in [1.29, 1.82) is 0 Å². The molecule has 10 aromatic carbocycles. The third-order valence-corrected chi connectivity index (χ3v) is 12.0.